The molecular formula is C9H10F12N2Si. The van der Waals surface area contributed by atoms with Crippen molar-refractivity contribution < 1.29 is 52.7 Å². The average molecular weight is 402 g/mol. The van der Waals surface area contributed by atoms with Crippen molar-refractivity contribution >= 4 is 8.07 Å². The lowest BCUT2D eigenvalue weighted by Crippen LogP contribution is -2.58. The average Bonchev–Trinajstić information content (AvgIpc) is 2.01. The van der Waals surface area contributed by atoms with Gasteiger partial charge in [-0.15, -0.1) is 52.7 Å². The number of hydrogen-bond donors (Lipinski definition) is 0. The molecule has 0 bridgehead atoms. The highest BCUT2D eigenvalue weighted by atomic mass is 28.3. The molecule has 0 saturated carbocycles. The topological polar surface area (TPSA) is 6.48 Å². The number of rotatable bonds is 3. The predicted octanol–water partition coefficient (Wildman–Crippen LogP) is 5.39. The third kappa shape index (κ3) is 6.31. The maximum Gasteiger partial charge on any atom is 0.492 e. The first-order valence-corrected chi connectivity index (χ1v) is 9.26. The summed E-state index contributed by atoms with van der Waals surface area (Å²) < 4.78 is 151. The van der Waals surface area contributed by atoms with E-state index in [9.17, 15) is 52.7 Å². The fraction of sp³-hybridized carbons (Fsp3) is 0.778. The molecule has 0 saturated heterocycles. The predicted molar refractivity (Wildman–Crippen MR) is 59.3 cm³/mol. The standard InChI is InChI=1S/C9H10F12N2Si/c1-24(2,3)4-5(22(6(10,11)12)7(13,14)15)23(8(16,17)18)9(19,20)21/h4H,1-3H3. The van der Waals surface area contributed by atoms with Crippen molar-refractivity contribution in [3.63, 3.8) is 0 Å². The largest absolute Gasteiger partial charge is 0.492 e. The van der Waals surface area contributed by atoms with Crippen molar-refractivity contribution in [3.8, 4) is 0 Å². The van der Waals surface area contributed by atoms with Crippen molar-refractivity contribution in [2.45, 2.75) is 44.8 Å². The number of nitrogens with zero attached hydrogens (tertiary/aromatic N) is 2. The zero-order valence-corrected chi connectivity index (χ0v) is 13.0. The van der Waals surface area contributed by atoms with Gasteiger partial charge in [-0.05, 0) is 0 Å². The van der Waals surface area contributed by atoms with Gasteiger partial charge in [0.25, 0.3) is 0 Å². The first kappa shape index (κ1) is 22.7. The van der Waals surface area contributed by atoms with Gasteiger partial charge in [0.2, 0.25) is 0 Å². The molecule has 0 aromatic carbocycles. The van der Waals surface area contributed by atoms with Crippen LogP contribution in [-0.4, -0.2) is 43.1 Å². The molecule has 0 aromatic heterocycles. The van der Waals surface area contributed by atoms with Gasteiger partial charge in [-0.3, -0.25) is 0 Å². The van der Waals surface area contributed by atoms with Crippen LogP contribution in [0.2, 0.25) is 19.6 Å². The van der Waals surface area contributed by atoms with E-state index < -0.39 is 48.9 Å². The Kier molecular flexibility index (Phi) is 5.89. The second-order valence-corrected chi connectivity index (χ2v) is 10.4. The second-order valence-electron chi connectivity index (χ2n) is 5.41. The summed E-state index contributed by atoms with van der Waals surface area (Å²) in [7, 11) is -3.41. The molecule has 0 aliphatic heterocycles. The van der Waals surface area contributed by atoms with Gasteiger partial charge in [-0.25, -0.2) is 0 Å². The minimum absolute atomic E-state index is 0.283. The van der Waals surface area contributed by atoms with Crippen LogP contribution in [0, 0.1) is 0 Å². The SMILES string of the molecule is C[Si](C)(C)C=C(N(C(F)(F)F)C(F)(F)F)N(C(F)(F)F)C(F)(F)F. The van der Waals surface area contributed by atoms with E-state index in [-0.39, 0.29) is 5.70 Å². The van der Waals surface area contributed by atoms with E-state index in [0.717, 1.165) is 19.6 Å². The van der Waals surface area contributed by atoms with Gasteiger partial charge in [-0.2, -0.15) is 9.80 Å². The highest BCUT2D eigenvalue weighted by molar-refractivity contribution is 6.81. The van der Waals surface area contributed by atoms with E-state index in [4.69, 9.17) is 0 Å². The maximum absolute atomic E-state index is 12.6. The van der Waals surface area contributed by atoms with E-state index in [1.807, 2.05) is 0 Å². The molecule has 0 aromatic rings. The van der Waals surface area contributed by atoms with Gasteiger partial charge in [-0.1, -0.05) is 25.3 Å². The van der Waals surface area contributed by atoms with Gasteiger partial charge < -0.3 is 0 Å². The Morgan fingerprint density at radius 2 is 0.792 bits per heavy atom. The first-order valence-electron chi connectivity index (χ1n) is 5.69. The van der Waals surface area contributed by atoms with Crippen LogP contribution in [0.5, 0.6) is 0 Å². The van der Waals surface area contributed by atoms with E-state index in [1.165, 1.54) is 0 Å². The minimum Gasteiger partial charge on any atom is -0.179 e. The van der Waals surface area contributed by atoms with Crippen LogP contribution < -0.4 is 0 Å². The minimum atomic E-state index is -6.57. The molecule has 0 aliphatic rings. The molecule has 15 heteroatoms. The smallest absolute Gasteiger partial charge is 0.179 e. The molecule has 0 atom stereocenters. The van der Waals surface area contributed by atoms with E-state index in [1.54, 1.807) is 0 Å². The Balaban J connectivity index is 6.76. The lowest BCUT2D eigenvalue weighted by Gasteiger charge is -2.39. The molecule has 144 valence electrons. The molecule has 0 heterocycles. The van der Waals surface area contributed by atoms with Crippen molar-refractivity contribution in [1.82, 2.24) is 9.80 Å². The zero-order valence-electron chi connectivity index (χ0n) is 12.0. The first-order chi connectivity index (χ1) is 10.1. The second kappa shape index (κ2) is 6.22. The quantitative estimate of drug-likeness (QED) is 0.355. The lowest BCUT2D eigenvalue weighted by molar-refractivity contribution is -0.405. The third-order valence-corrected chi connectivity index (χ3v) is 3.16. The van der Waals surface area contributed by atoms with E-state index in [0.29, 0.717) is 0 Å². The molecule has 2 nitrogen and oxygen atoms in total. The molecule has 0 unspecified atom stereocenters. The molecular weight excluding hydrogens is 392 g/mol. The monoisotopic (exact) mass is 402 g/mol. The summed E-state index contributed by atoms with van der Waals surface area (Å²) in [6, 6.07) is 0. The van der Waals surface area contributed by atoms with Gasteiger partial charge in [0, 0.05) is 0 Å². The molecule has 0 aliphatic carbocycles. The van der Waals surface area contributed by atoms with Crippen molar-refractivity contribution in [1.29, 1.82) is 0 Å². The highest BCUT2D eigenvalue weighted by Gasteiger charge is 2.64. The van der Waals surface area contributed by atoms with Gasteiger partial charge in [0.05, 0.1) is 8.07 Å². The number of halogens is 12. The van der Waals surface area contributed by atoms with Crippen LogP contribution in [-0.2, 0) is 0 Å². The molecule has 24 heavy (non-hydrogen) atoms. The van der Waals surface area contributed by atoms with E-state index >= 15 is 0 Å². The van der Waals surface area contributed by atoms with Gasteiger partial charge >= 0.3 is 25.2 Å². The highest BCUT2D eigenvalue weighted by Crippen LogP contribution is 2.45. The Hall–Kier alpha value is -1.28. The van der Waals surface area contributed by atoms with Crippen LogP contribution >= 0.6 is 0 Å². The Bertz CT molecular complexity index is 401. The summed E-state index contributed by atoms with van der Waals surface area (Å²) in [6.45, 7) is 2.88. The lowest BCUT2D eigenvalue weighted by atomic mass is 10.5. The molecule has 0 fully saturated rings. The van der Waals surface area contributed by atoms with Crippen LogP contribution in [0.3, 0.4) is 0 Å². The van der Waals surface area contributed by atoms with Gasteiger partial charge in [0.15, 0.2) is 0 Å². The molecule has 0 N–H and O–H groups in total. The van der Waals surface area contributed by atoms with Crippen molar-refractivity contribution in [3.05, 3.63) is 11.5 Å². The Labute approximate surface area is 128 Å². The molecule has 0 radical (unpaired) electrons. The normalized spacial score (nSPS) is 14.5. The fourth-order valence-corrected chi connectivity index (χ4v) is 2.46. The summed E-state index contributed by atoms with van der Waals surface area (Å²) in [4.78, 5) is -5.61. The molecule has 0 spiro atoms. The van der Waals surface area contributed by atoms with Crippen LogP contribution in [0.1, 0.15) is 0 Å². The van der Waals surface area contributed by atoms with Crippen LogP contribution in [0.15, 0.2) is 11.5 Å². The fourth-order valence-electron chi connectivity index (χ4n) is 1.42. The Morgan fingerprint density at radius 3 is 0.917 bits per heavy atom. The van der Waals surface area contributed by atoms with Crippen molar-refractivity contribution in [2.24, 2.45) is 0 Å². The van der Waals surface area contributed by atoms with Gasteiger partial charge in [0.1, 0.15) is 5.82 Å². The maximum atomic E-state index is 12.6. The number of hydrogen-bond acceptors (Lipinski definition) is 2. The summed E-state index contributed by atoms with van der Waals surface area (Å²) in [5.74, 6) is -3.10. The summed E-state index contributed by atoms with van der Waals surface area (Å²) in [5.41, 5.74) is -0.283. The van der Waals surface area contributed by atoms with E-state index in [2.05, 4.69) is 0 Å². The number of alkyl halides is 12. The molecule has 0 rings (SSSR count). The van der Waals surface area contributed by atoms with Crippen LogP contribution in [0.4, 0.5) is 52.7 Å². The van der Waals surface area contributed by atoms with Crippen molar-refractivity contribution in [2.75, 3.05) is 0 Å². The molecule has 0 amide bonds. The Morgan fingerprint density at radius 1 is 0.583 bits per heavy atom. The third-order valence-electron chi connectivity index (χ3n) is 2.03. The summed E-state index contributed by atoms with van der Waals surface area (Å²) >= 11 is 0. The zero-order chi connectivity index (χ0) is 19.9. The summed E-state index contributed by atoms with van der Waals surface area (Å²) in [6.07, 6.45) is -26.3. The van der Waals surface area contributed by atoms with Crippen LogP contribution in [0.25, 0.3) is 0 Å². The summed E-state index contributed by atoms with van der Waals surface area (Å²) in [5, 5.41) is 0.